The second-order valence-corrected chi connectivity index (χ2v) is 9.63. The summed E-state index contributed by atoms with van der Waals surface area (Å²) in [6.45, 7) is -0.0497. The summed E-state index contributed by atoms with van der Waals surface area (Å²) in [7, 11) is -3.45. The molecule has 0 amide bonds. The normalized spacial score (nSPS) is 12.0. The van der Waals surface area contributed by atoms with Gasteiger partial charge in [-0.15, -0.1) is 0 Å². The van der Waals surface area contributed by atoms with Crippen LogP contribution in [0.1, 0.15) is 0 Å². The summed E-state index contributed by atoms with van der Waals surface area (Å²) in [6, 6.07) is 15.0. The summed E-state index contributed by atoms with van der Waals surface area (Å²) < 4.78 is 52.3. The molecule has 0 aliphatic heterocycles. The van der Waals surface area contributed by atoms with Crippen molar-refractivity contribution in [1.29, 1.82) is 0 Å². The zero-order valence-corrected chi connectivity index (χ0v) is 16.6. The zero-order valence-electron chi connectivity index (χ0n) is 15.0. The molecule has 9 heteroatoms. The quantitative estimate of drug-likeness (QED) is 0.729. The SMILES string of the molecule is CN(C)c1ccc(N(CCNS(=O)(=O)c2ccccc2)S(C)(=O)=O)cc1. The largest absolute Gasteiger partial charge is 0.378 e. The second kappa shape index (κ2) is 8.07. The van der Waals surface area contributed by atoms with E-state index in [1.807, 2.05) is 31.1 Å². The Morgan fingerprint density at radius 1 is 0.846 bits per heavy atom. The highest BCUT2D eigenvalue weighted by Crippen LogP contribution is 2.21. The van der Waals surface area contributed by atoms with E-state index in [1.165, 1.54) is 16.4 Å². The molecule has 142 valence electrons. The highest BCUT2D eigenvalue weighted by atomic mass is 32.2. The van der Waals surface area contributed by atoms with Gasteiger partial charge in [0.25, 0.3) is 0 Å². The lowest BCUT2D eigenvalue weighted by molar-refractivity contribution is 0.578. The third kappa shape index (κ3) is 5.20. The van der Waals surface area contributed by atoms with Gasteiger partial charge in [-0.25, -0.2) is 21.6 Å². The Kier molecular flexibility index (Phi) is 6.27. The fourth-order valence-corrected chi connectivity index (χ4v) is 4.34. The van der Waals surface area contributed by atoms with Crippen molar-refractivity contribution >= 4 is 31.4 Å². The maximum absolute atomic E-state index is 12.2. The van der Waals surface area contributed by atoms with Crippen molar-refractivity contribution in [3.05, 3.63) is 54.6 Å². The molecule has 7 nitrogen and oxygen atoms in total. The third-order valence-electron chi connectivity index (χ3n) is 3.71. The van der Waals surface area contributed by atoms with Crippen molar-refractivity contribution in [1.82, 2.24) is 4.72 Å². The first-order valence-corrected chi connectivity index (χ1v) is 11.2. The Morgan fingerprint density at radius 2 is 1.38 bits per heavy atom. The molecule has 0 saturated heterocycles. The van der Waals surface area contributed by atoms with E-state index < -0.39 is 20.0 Å². The van der Waals surface area contributed by atoms with Crippen LogP contribution in [0.25, 0.3) is 0 Å². The maximum Gasteiger partial charge on any atom is 0.240 e. The van der Waals surface area contributed by atoms with E-state index >= 15 is 0 Å². The Bertz CT molecular complexity index is 926. The molecule has 0 radical (unpaired) electrons. The van der Waals surface area contributed by atoms with Gasteiger partial charge in [0.2, 0.25) is 20.0 Å². The van der Waals surface area contributed by atoms with E-state index in [9.17, 15) is 16.8 Å². The van der Waals surface area contributed by atoms with Gasteiger partial charge < -0.3 is 4.90 Å². The van der Waals surface area contributed by atoms with Gasteiger partial charge in [0.15, 0.2) is 0 Å². The molecule has 0 aromatic heterocycles. The van der Waals surface area contributed by atoms with Crippen LogP contribution in [-0.4, -0.2) is 50.3 Å². The topological polar surface area (TPSA) is 86.8 Å². The molecule has 0 aliphatic carbocycles. The van der Waals surface area contributed by atoms with E-state index in [1.54, 1.807) is 30.3 Å². The van der Waals surface area contributed by atoms with Gasteiger partial charge in [-0.3, -0.25) is 4.31 Å². The van der Waals surface area contributed by atoms with Gasteiger partial charge in [-0.1, -0.05) is 18.2 Å². The van der Waals surface area contributed by atoms with Gasteiger partial charge >= 0.3 is 0 Å². The summed E-state index contributed by atoms with van der Waals surface area (Å²) in [6.07, 6.45) is 1.10. The standard InChI is InChI=1S/C17H23N3O4S2/c1-19(2)15-9-11-16(12-10-15)20(25(3,21)22)14-13-18-26(23,24)17-7-5-4-6-8-17/h4-12,18H,13-14H2,1-3H3. The zero-order chi connectivity index (χ0) is 19.4. The Labute approximate surface area is 155 Å². The van der Waals surface area contributed by atoms with Crippen molar-refractivity contribution in [2.24, 2.45) is 0 Å². The first-order chi connectivity index (χ1) is 12.1. The first-order valence-electron chi connectivity index (χ1n) is 7.91. The second-order valence-electron chi connectivity index (χ2n) is 5.96. The molecule has 0 aliphatic rings. The number of anilines is 2. The summed E-state index contributed by atoms with van der Waals surface area (Å²) in [4.78, 5) is 2.05. The molecule has 0 saturated carbocycles. The number of hydrogen-bond donors (Lipinski definition) is 1. The number of hydrogen-bond acceptors (Lipinski definition) is 5. The van der Waals surface area contributed by atoms with Gasteiger partial charge in [-0.05, 0) is 36.4 Å². The third-order valence-corrected chi connectivity index (χ3v) is 6.39. The van der Waals surface area contributed by atoms with Crippen LogP contribution in [0.5, 0.6) is 0 Å². The summed E-state index contributed by atoms with van der Waals surface area (Å²) in [5.74, 6) is 0. The predicted molar refractivity (Wildman–Crippen MR) is 105 cm³/mol. The van der Waals surface area contributed by atoms with E-state index in [0.29, 0.717) is 5.69 Å². The predicted octanol–water partition coefficient (Wildman–Crippen LogP) is 1.50. The van der Waals surface area contributed by atoms with E-state index in [2.05, 4.69) is 4.72 Å². The Balaban J connectivity index is 2.12. The fraction of sp³-hybridized carbons (Fsp3) is 0.294. The summed E-state index contributed by atoms with van der Waals surface area (Å²) >= 11 is 0. The lowest BCUT2D eigenvalue weighted by atomic mass is 10.2. The lowest BCUT2D eigenvalue weighted by Gasteiger charge is -2.23. The minimum absolute atomic E-state index is 0.00773. The van der Waals surface area contributed by atoms with Crippen molar-refractivity contribution in [3.8, 4) is 0 Å². The van der Waals surface area contributed by atoms with Gasteiger partial charge in [0.05, 0.1) is 16.8 Å². The summed E-state index contributed by atoms with van der Waals surface area (Å²) in [5.41, 5.74) is 1.42. The molecule has 0 bridgehead atoms. The maximum atomic E-state index is 12.2. The molecule has 26 heavy (non-hydrogen) atoms. The van der Waals surface area contributed by atoms with Crippen molar-refractivity contribution < 1.29 is 16.8 Å². The highest BCUT2D eigenvalue weighted by Gasteiger charge is 2.19. The van der Waals surface area contributed by atoms with E-state index in [0.717, 1.165) is 11.9 Å². The minimum Gasteiger partial charge on any atom is -0.378 e. The number of benzene rings is 2. The van der Waals surface area contributed by atoms with E-state index in [-0.39, 0.29) is 18.0 Å². The molecular weight excluding hydrogens is 374 g/mol. The average Bonchev–Trinajstić information content (AvgIpc) is 2.58. The lowest BCUT2D eigenvalue weighted by Crippen LogP contribution is -2.38. The van der Waals surface area contributed by atoms with Crippen LogP contribution in [0.3, 0.4) is 0 Å². The smallest absolute Gasteiger partial charge is 0.240 e. The monoisotopic (exact) mass is 397 g/mol. The number of nitrogens with zero attached hydrogens (tertiary/aromatic N) is 2. The Hall–Kier alpha value is -2.10. The molecule has 0 spiro atoms. The van der Waals surface area contributed by atoms with Gasteiger partial charge in [0.1, 0.15) is 0 Å². The number of nitrogens with one attached hydrogen (secondary N) is 1. The number of rotatable bonds is 8. The molecule has 0 heterocycles. The van der Waals surface area contributed by atoms with Crippen LogP contribution in [0, 0.1) is 0 Å². The van der Waals surface area contributed by atoms with Crippen LogP contribution >= 0.6 is 0 Å². The molecule has 0 unspecified atom stereocenters. The van der Waals surface area contributed by atoms with Crippen LogP contribution < -0.4 is 13.9 Å². The molecule has 2 rings (SSSR count). The average molecular weight is 398 g/mol. The molecular formula is C17H23N3O4S2. The van der Waals surface area contributed by atoms with Crippen molar-refractivity contribution in [2.75, 3.05) is 42.6 Å². The molecule has 0 atom stereocenters. The Morgan fingerprint density at radius 3 is 1.88 bits per heavy atom. The number of sulfonamides is 2. The molecule has 1 N–H and O–H groups in total. The summed E-state index contributed by atoms with van der Waals surface area (Å²) in [5, 5.41) is 0. The minimum atomic E-state index is -3.68. The van der Waals surface area contributed by atoms with Crippen molar-refractivity contribution in [2.45, 2.75) is 4.90 Å². The molecule has 0 fully saturated rings. The van der Waals surface area contributed by atoms with Crippen LogP contribution in [0.15, 0.2) is 59.5 Å². The van der Waals surface area contributed by atoms with Gasteiger partial charge in [0, 0.05) is 32.9 Å². The van der Waals surface area contributed by atoms with Crippen LogP contribution in [-0.2, 0) is 20.0 Å². The van der Waals surface area contributed by atoms with Crippen molar-refractivity contribution in [3.63, 3.8) is 0 Å². The van der Waals surface area contributed by atoms with E-state index in [4.69, 9.17) is 0 Å². The van der Waals surface area contributed by atoms with Gasteiger partial charge in [-0.2, -0.15) is 0 Å². The van der Waals surface area contributed by atoms with Crippen LogP contribution in [0.4, 0.5) is 11.4 Å². The fourth-order valence-electron chi connectivity index (χ4n) is 2.37. The highest BCUT2D eigenvalue weighted by molar-refractivity contribution is 7.92. The first kappa shape index (κ1) is 20.2. The molecule has 2 aromatic rings. The molecule has 2 aromatic carbocycles. The van der Waals surface area contributed by atoms with Crippen LogP contribution in [0.2, 0.25) is 0 Å².